The van der Waals surface area contributed by atoms with Gasteiger partial charge in [-0.05, 0) is 35.4 Å². The number of hydrogen-bond donors (Lipinski definition) is 0. The normalized spacial score (nSPS) is 14.1. The van der Waals surface area contributed by atoms with E-state index in [9.17, 15) is 35.4 Å². The molecule has 0 amide bonds. The van der Waals surface area contributed by atoms with Gasteiger partial charge in [0.1, 0.15) is 22.0 Å². The molecule has 0 heterocycles. The summed E-state index contributed by atoms with van der Waals surface area (Å²) < 4.78 is 102. The highest BCUT2D eigenvalue weighted by Crippen LogP contribution is 2.36. The van der Waals surface area contributed by atoms with Crippen LogP contribution in [0.3, 0.4) is 0 Å². The van der Waals surface area contributed by atoms with E-state index in [1.54, 1.807) is 48.5 Å². The summed E-state index contributed by atoms with van der Waals surface area (Å²) in [5.74, 6) is 0. The molecular formula is C30H22F6O2S2. The van der Waals surface area contributed by atoms with Crippen molar-refractivity contribution in [3.05, 3.63) is 143 Å². The van der Waals surface area contributed by atoms with Crippen molar-refractivity contribution in [1.29, 1.82) is 0 Å². The maximum atomic E-state index is 13.1. The number of allylic oxidation sites excluding steroid dienone is 2. The Kier molecular flexibility index (Phi) is 11.1. The van der Waals surface area contributed by atoms with Crippen LogP contribution in [0.15, 0.2) is 142 Å². The molecule has 0 aliphatic rings. The lowest BCUT2D eigenvalue weighted by Crippen LogP contribution is -2.13. The van der Waals surface area contributed by atoms with Crippen LogP contribution in [0.25, 0.3) is 11.1 Å². The molecule has 0 spiro atoms. The van der Waals surface area contributed by atoms with Gasteiger partial charge in [-0.15, -0.1) is 0 Å². The SMILES string of the molecule is [O-][S+](C=C(c1ccccc1)C(F)(F)F)c1ccccc1.[O-][S+](C=C(c1ccccc1)C(F)(F)F)c1ccccc1. The molecule has 4 aromatic rings. The van der Waals surface area contributed by atoms with E-state index in [-0.39, 0.29) is 11.1 Å². The van der Waals surface area contributed by atoms with Gasteiger partial charge in [0, 0.05) is 22.4 Å². The van der Waals surface area contributed by atoms with E-state index in [4.69, 9.17) is 0 Å². The number of benzene rings is 4. The van der Waals surface area contributed by atoms with Crippen molar-refractivity contribution in [2.24, 2.45) is 0 Å². The number of hydrogen-bond acceptors (Lipinski definition) is 2. The molecule has 40 heavy (non-hydrogen) atoms. The van der Waals surface area contributed by atoms with Gasteiger partial charge in [-0.1, -0.05) is 97.1 Å². The highest BCUT2D eigenvalue weighted by atomic mass is 32.2. The summed E-state index contributed by atoms with van der Waals surface area (Å²) in [6.07, 6.45) is -9.10. The maximum Gasteiger partial charge on any atom is 0.421 e. The van der Waals surface area contributed by atoms with Crippen molar-refractivity contribution in [3.8, 4) is 0 Å². The van der Waals surface area contributed by atoms with Crippen LogP contribution >= 0.6 is 0 Å². The third-order valence-corrected chi connectivity index (χ3v) is 7.55. The molecule has 2 atom stereocenters. The van der Waals surface area contributed by atoms with Gasteiger partial charge in [0.15, 0.2) is 9.79 Å². The average molecular weight is 593 g/mol. The summed E-state index contributed by atoms with van der Waals surface area (Å²) in [6, 6.07) is 30.8. The molecule has 0 saturated carbocycles. The molecule has 0 saturated heterocycles. The first-order valence-electron chi connectivity index (χ1n) is 11.6. The van der Waals surface area contributed by atoms with Gasteiger partial charge in [-0.3, -0.25) is 0 Å². The largest absolute Gasteiger partial charge is 0.607 e. The Morgan fingerprint density at radius 2 is 0.700 bits per heavy atom. The van der Waals surface area contributed by atoms with Crippen LogP contribution < -0.4 is 0 Å². The zero-order valence-corrected chi connectivity index (χ0v) is 22.2. The second-order valence-electron chi connectivity index (χ2n) is 8.01. The third kappa shape index (κ3) is 9.34. The molecule has 0 aliphatic carbocycles. The van der Waals surface area contributed by atoms with Crippen molar-refractivity contribution >= 4 is 33.5 Å². The summed E-state index contributed by atoms with van der Waals surface area (Å²) >= 11 is -3.68. The van der Waals surface area contributed by atoms with Gasteiger partial charge < -0.3 is 9.11 Å². The van der Waals surface area contributed by atoms with Gasteiger partial charge in [-0.25, -0.2) is 0 Å². The van der Waals surface area contributed by atoms with Crippen LogP contribution in [0.2, 0.25) is 0 Å². The van der Waals surface area contributed by atoms with Crippen LogP contribution in [-0.4, -0.2) is 21.5 Å². The number of halogens is 6. The van der Waals surface area contributed by atoms with E-state index >= 15 is 0 Å². The fourth-order valence-corrected chi connectivity index (χ4v) is 5.38. The Morgan fingerprint density at radius 3 is 0.950 bits per heavy atom. The van der Waals surface area contributed by atoms with Gasteiger partial charge in [0.05, 0.1) is 0 Å². The monoisotopic (exact) mass is 592 g/mol. The molecule has 0 fully saturated rings. The molecular weight excluding hydrogens is 570 g/mol. The Hall–Kier alpha value is -3.44. The lowest BCUT2D eigenvalue weighted by molar-refractivity contribution is -0.0696. The average Bonchev–Trinajstić information content (AvgIpc) is 2.95. The summed E-state index contributed by atoms with van der Waals surface area (Å²) in [5.41, 5.74) is -1.77. The van der Waals surface area contributed by atoms with Gasteiger partial charge >= 0.3 is 12.4 Å². The lowest BCUT2D eigenvalue weighted by Gasteiger charge is -2.13. The molecule has 0 radical (unpaired) electrons. The fraction of sp³-hybridized carbons (Fsp3) is 0.0667. The standard InChI is InChI=1S/2C15H11F3OS/c2*16-15(17,18)14(12-7-3-1-4-8-12)11-20(19)13-9-5-2-6-10-13/h2*1-11H. The van der Waals surface area contributed by atoms with E-state index in [0.717, 1.165) is 10.8 Å². The summed E-state index contributed by atoms with van der Waals surface area (Å²) in [4.78, 5) is 0.676. The molecule has 208 valence electrons. The molecule has 4 aromatic carbocycles. The second-order valence-corrected chi connectivity index (χ2v) is 10.6. The van der Waals surface area contributed by atoms with Crippen LogP contribution in [0.4, 0.5) is 26.3 Å². The van der Waals surface area contributed by atoms with Crippen molar-refractivity contribution in [2.45, 2.75) is 22.1 Å². The predicted octanol–water partition coefficient (Wildman–Crippen LogP) is 8.80. The summed E-state index contributed by atoms with van der Waals surface area (Å²) in [5, 5.41) is 1.51. The van der Waals surface area contributed by atoms with E-state index in [0.29, 0.717) is 9.79 Å². The van der Waals surface area contributed by atoms with Crippen molar-refractivity contribution in [3.63, 3.8) is 0 Å². The first-order valence-corrected chi connectivity index (χ1v) is 14.0. The van der Waals surface area contributed by atoms with Crippen molar-refractivity contribution < 1.29 is 35.4 Å². The van der Waals surface area contributed by atoms with Crippen molar-refractivity contribution in [1.82, 2.24) is 0 Å². The Labute approximate surface area is 234 Å². The van der Waals surface area contributed by atoms with Gasteiger partial charge in [0.25, 0.3) is 0 Å². The molecule has 4 rings (SSSR count). The molecule has 0 bridgehead atoms. The van der Waals surface area contributed by atoms with Crippen LogP contribution in [0, 0.1) is 0 Å². The Bertz CT molecular complexity index is 1270. The van der Waals surface area contributed by atoms with E-state index in [2.05, 4.69) is 0 Å². The smallest absolute Gasteiger partial charge is 0.421 e. The van der Waals surface area contributed by atoms with E-state index < -0.39 is 45.9 Å². The minimum atomic E-state index is -4.55. The van der Waals surface area contributed by atoms with Gasteiger partial charge in [-0.2, -0.15) is 26.3 Å². The van der Waals surface area contributed by atoms with Gasteiger partial charge in [0.2, 0.25) is 0 Å². The molecule has 0 N–H and O–H groups in total. The first-order chi connectivity index (χ1) is 19.0. The molecule has 10 heteroatoms. The van der Waals surface area contributed by atoms with Crippen LogP contribution in [-0.2, 0) is 22.4 Å². The van der Waals surface area contributed by atoms with Crippen LogP contribution in [0.5, 0.6) is 0 Å². The second kappa shape index (κ2) is 14.3. The maximum absolute atomic E-state index is 13.1. The third-order valence-electron chi connectivity index (χ3n) is 5.18. The minimum Gasteiger partial charge on any atom is -0.607 e. The summed E-state index contributed by atoms with van der Waals surface area (Å²) in [7, 11) is 0. The highest BCUT2D eigenvalue weighted by molar-refractivity contribution is 7.94. The summed E-state index contributed by atoms with van der Waals surface area (Å²) in [6.45, 7) is 0. The van der Waals surface area contributed by atoms with Crippen LogP contribution in [0.1, 0.15) is 11.1 Å². The molecule has 0 aliphatic heterocycles. The zero-order valence-electron chi connectivity index (χ0n) is 20.6. The Morgan fingerprint density at radius 1 is 0.450 bits per heavy atom. The van der Waals surface area contributed by atoms with Crippen molar-refractivity contribution in [2.75, 3.05) is 0 Å². The minimum absolute atomic E-state index is 0.00396. The molecule has 0 aromatic heterocycles. The Balaban J connectivity index is 0.000000220. The number of alkyl halides is 6. The zero-order chi connectivity index (χ0) is 29.2. The quantitative estimate of drug-likeness (QED) is 0.166. The van der Waals surface area contributed by atoms with E-state index in [1.807, 2.05) is 0 Å². The molecule has 2 nitrogen and oxygen atoms in total. The predicted molar refractivity (Wildman–Crippen MR) is 147 cm³/mol. The topological polar surface area (TPSA) is 46.1 Å². The fourth-order valence-electron chi connectivity index (χ4n) is 3.29. The van der Waals surface area contributed by atoms with E-state index in [1.165, 1.54) is 72.8 Å². The number of rotatable bonds is 6. The lowest BCUT2D eigenvalue weighted by atomic mass is 10.1. The highest BCUT2D eigenvalue weighted by Gasteiger charge is 2.38. The first kappa shape index (κ1) is 31.1. The molecule has 2 unspecified atom stereocenters.